The summed E-state index contributed by atoms with van der Waals surface area (Å²) in [6, 6.07) is 7.60. The van der Waals surface area contributed by atoms with E-state index in [1.165, 1.54) is 19.3 Å². The minimum atomic E-state index is -0.478. The van der Waals surface area contributed by atoms with Crippen molar-refractivity contribution in [3.63, 3.8) is 0 Å². The van der Waals surface area contributed by atoms with Gasteiger partial charge >= 0.3 is 0 Å². The first-order chi connectivity index (χ1) is 9.74. The molecule has 1 aromatic heterocycles. The van der Waals surface area contributed by atoms with Gasteiger partial charge < -0.3 is 16.0 Å². The van der Waals surface area contributed by atoms with Crippen molar-refractivity contribution < 1.29 is 4.79 Å². The SMILES string of the molecule is Cl.N[C@@H](Cc1c[nH]c2ccccc12)C(=O)NCC1CCC1. The zero-order chi connectivity index (χ0) is 13.9. The number of rotatable bonds is 5. The summed E-state index contributed by atoms with van der Waals surface area (Å²) in [6.45, 7) is 0.778. The fourth-order valence-corrected chi connectivity index (χ4v) is 2.70. The molecule has 1 aliphatic rings. The Morgan fingerprint density at radius 3 is 2.86 bits per heavy atom. The summed E-state index contributed by atoms with van der Waals surface area (Å²) in [5.41, 5.74) is 8.21. The number of nitrogens with two attached hydrogens (primary N) is 1. The van der Waals surface area contributed by atoms with Crippen LogP contribution in [-0.2, 0) is 11.2 Å². The van der Waals surface area contributed by atoms with Crippen LogP contribution >= 0.6 is 12.4 Å². The molecule has 1 saturated carbocycles. The van der Waals surface area contributed by atoms with E-state index in [4.69, 9.17) is 5.73 Å². The molecule has 4 nitrogen and oxygen atoms in total. The molecule has 1 aliphatic carbocycles. The van der Waals surface area contributed by atoms with Crippen molar-refractivity contribution in [2.24, 2.45) is 11.7 Å². The van der Waals surface area contributed by atoms with Crippen molar-refractivity contribution in [1.82, 2.24) is 10.3 Å². The van der Waals surface area contributed by atoms with Crippen molar-refractivity contribution >= 4 is 29.2 Å². The van der Waals surface area contributed by atoms with Gasteiger partial charge in [-0.05, 0) is 36.8 Å². The summed E-state index contributed by atoms with van der Waals surface area (Å²) < 4.78 is 0. The number of aromatic nitrogens is 1. The van der Waals surface area contributed by atoms with Crippen LogP contribution in [0.5, 0.6) is 0 Å². The third kappa shape index (κ3) is 3.57. The quantitative estimate of drug-likeness (QED) is 0.793. The van der Waals surface area contributed by atoms with E-state index in [-0.39, 0.29) is 18.3 Å². The number of halogens is 1. The Balaban J connectivity index is 0.00000161. The number of hydrogen-bond donors (Lipinski definition) is 3. The average molecular weight is 308 g/mol. The summed E-state index contributed by atoms with van der Waals surface area (Å²) in [7, 11) is 0. The number of fused-ring (bicyclic) bond motifs is 1. The minimum absolute atomic E-state index is 0. The molecule has 0 unspecified atom stereocenters. The fraction of sp³-hybridized carbons (Fsp3) is 0.438. The number of H-pyrrole nitrogens is 1. The normalized spacial score (nSPS) is 16.0. The number of carbonyl (C=O) groups excluding carboxylic acids is 1. The number of para-hydroxylation sites is 1. The lowest BCUT2D eigenvalue weighted by Crippen LogP contribution is -2.44. The Morgan fingerprint density at radius 1 is 1.38 bits per heavy atom. The third-order valence-corrected chi connectivity index (χ3v) is 4.24. The first-order valence-corrected chi connectivity index (χ1v) is 7.32. The van der Waals surface area contributed by atoms with Gasteiger partial charge in [-0.25, -0.2) is 0 Å². The van der Waals surface area contributed by atoms with Gasteiger partial charge in [-0.2, -0.15) is 0 Å². The smallest absolute Gasteiger partial charge is 0.237 e. The Bertz CT molecular complexity index is 606. The highest BCUT2D eigenvalue weighted by Crippen LogP contribution is 2.25. The Labute approximate surface area is 130 Å². The first-order valence-electron chi connectivity index (χ1n) is 7.32. The molecule has 1 aromatic carbocycles. The minimum Gasteiger partial charge on any atom is -0.361 e. The summed E-state index contributed by atoms with van der Waals surface area (Å²) in [5, 5.41) is 4.12. The highest BCUT2D eigenvalue weighted by atomic mass is 35.5. The first kappa shape index (κ1) is 15.9. The van der Waals surface area contributed by atoms with Crippen molar-refractivity contribution in [2.45, 2.75) is 31.7 Å². The van der Waals surface area contributed by atoms with Gasteiger partial charge in [0.05, 0.1) is 6.04 Å². The molecule has 4 N–H and O–H groups in total. The maximum atomic E-state index is 12.0. The van der Waals surface area contributed by atoms with Crippen LogP contribution < -0.4 is 11.1 Å². The number of amides is 1. The van der Waals surface area contributed by atoms with Crippen LogP contribution in [0.1, 0.15) is 24.8 Å². The highest BCUT2D eigenvalue weighted by Gasteiger charge is 2.20. The van der Waals surface area contributed by atoms with Crippen LogP contribution in [0.15, 0.2) is 30.5 Å². The summed E-state index contributed by atoms with van der Waals surface area (Å²) in [5.74, 6) is 0.626. The molecule has 1 atom stereocenters. The lowest BCUT2D eigenvalue weighted by molar-refractivity contribution is -0.122. The standard InChI is InChI=1S/C16H21N3O.ClH/c17-14(16(20)19-9-11-4-3-5-11)8-12-10-18-15-7-2-1-6-13(12)15;/h1-2,6-7,10-11,14,18H,3-5,8-9,17H2,(H,19,20);1H/t14-;/m0./s1. The van der Waals surface area contributed by atoms with Gasteiger partial charge in [0, 0.05) is 23.6 Å². The van der Waals surface area contributed by atoms with Crippen molar-refractivity contribution in [3.05, 3.63) is 36.0 Å². The summed E-state index contributed by atoms with van der Waals surface area (Å²) in [6.07, 6.45) is 6.28. The van der Waals surface area contributed by atoms with Crippen molar-refractivity contribution in [3.8, 4) is 0 Å². The van der Waals surface area contributed by atoms with Gasteiger partial charge in [0.1, 0.15) is 0 Å². The number of hydrogen-bond acceptors (Lipinski definition) is 2. The van der Waals surface area contributed by atoms with Gasteiger partial charge in [-0.1, -0.05) is 24.6 Å². The molecule has 0 radical (unpaired) electrons. The summed E-state index contributed by atoms with van der Waals surface area (Å²) in [4.78, 5) is 15.2. The number of nitrogens with one attached hydrogen (secondary N) is 2. The zero-order valence-corrected chi connectivity index (χ0v) is 12.8. The molecule has 3 rings (SSSR count). The number of aromatic amines is 1. The van der Waals surface area contributed by atoms with Gasteiger partial charge in [0.25, 0.3) is 0 Å². The van der Waals surface area contributed by atoms with E-state index in [0.717, 1.165) is 23.0 Å². The van der Waals surface area contributed by atoms with E-state index in [2.05, 4.69) is 16.4 Å². The molecular weight excluding hydrogens is 286 g/mol. The fourth-order valence-electron chi connectivity index (χ4n) is 2.70. The molecule has 1 fully saturated rings. The van der Waals surface area contributed by atoms with E-state index in [1.54, 1.807) is 0 Å². The molecule has 2 aromatic rings. The average Bonchev–Trinajstić information content (AvgIpc) is 2.80. The second kappa shape index (κ2) is 6.96. The molecule has 0 spiro atoms. The highest BCUT2D eigenvalue weighted by molar-refractivity contribution is 5.86. The monoisotopic (exact) mass is 307 g/mol. The second-order valence-corrected chi connectivity index (χ2v) is 5.71. The Morgan fingerprint density at radius 2 is 2.14 bits per heavy atom. The lowest BCUT2D eigenvalue weighted by atomic mass is 9.85. The second-order valence-electron chi connectivity index (χ2n) is 5.71. The summed E-state index contributed by atoms with van der Waals surface area (Å²) >= 11 is 0. The van der Waals surface area contributed by atoms with Crippen molar-refractivity contribution in [2.75, 3.05) is 6.54 Å². The van der Waals surface area contributed by atoms with E-state index in [0.29, 0.717) is 12.3 Å². The van der Waals surface area contributed by atoms with E-state index < -0.39 is 6.04 Å². The van der Waals surface area contributed by atoms with Gasteiger partial charge in [-0.3, -0.25) is 4.79 Å². The molecule has 0 aliphatic heterocycles. The Kier molecular flexibility index (Phi) is 5.26. The van der Waals surface area contributed by atoms with Crippen LogP contribution in [-0.4, -0.2) is 23.5 Å². The van der Waals surface area contributed by atoms with E-state index in [1.807, 2.05) is 24.4 Å². The zero-order valence-electron chi connectivity index (χ0n) is 12.0. The molecule has 1 amide bonds. The maximum absolute atomic E-state index is 12.0. The molecule has 114 valence electrons. The van der Waals surface area contributed by atoms with Gasteiger partial charge in [0.2, 0.25) is 5.91 Å². The van der Waals surface area contributed by atoms with Crippen LogP contribution in [0.4, 0.5) is 0 Å². The molecule has 0 bridgehead atoms. The van der Waals surface area contributed by atoms with Crippen LogP contribution in [0.2, 0.25) is 0 Å². The third-order valence-electron chi connectivity index (χ3n) is 4.24. The predicted molar refractivity (Wildman–Crippen MR) is 87.6 cm³/mol. The van der Waals surface area contributed by atoms with Crippen LogP contribution in [0.25, 0.3) is 10.9 Å². The van der Waals surface area contributed by atoms with E-state index in [9.17, 15) is 4.79 Å². The number of carbonyl (C=O) groups is 1. The molecule has 5 heteroatoms. The van der Waals surface area contributed by atoms with Crippen molar-refractivity contribution in [1.29, 1.82) is 0 Å². The Hall–Kier alpha value is -1.52. The number of benzene rings is 1. The molecular formula is C16H22ClN3O. The molecule has 0 saturated heterocycles. The topological polar surface area (TPSA) is 70.9 Å². The predicted octanol–water partition coefficient (Wildman–Crippen LogP) is 2.38. The maximum Gasteiger partial charge on any atom is 0.237 e. The van der Waals surface area contributed by atoms with Gasteiger partial charge in [0.15, 0.2) is 0 Å². The van der Waals surface area contributed by atoms with E-state index >= 15 is 0 Å². The van der Waals surface area contributed by atoms with Crippen LogP contribution in [0, 0.1) is 5.92 Å². The van der Waals surface area contributed by atoms with Crippen LogP contribution in [0.3, 0.4) is 0 Å². The largest absolute Gasteiger partial charge is 0.361 e. The molecule has 21 heavy (non-hydrogen) atoms. The molecule has 1 heterocycles. The van der Waals surface area contributed by atoms with Gasteiger partial charge in [-0.15, -0.1) is 12.4 Å². The lowest BCUT2D eigenvalue weighted by Gasteiger charge is -2.26.